The second-order valence-electron chi connectivity index (χ2n) is 7.21. The van der Waals surface area contributed by atoms with Gasteiger partial charge in [-0.1, -0.05) is 24.6 Å². The Morgan fingerprint density at radius 1 is 1.07 bits per heavy atom. The Morgan fingerprint density at radius 2 is 1.63 bits per heavy atom. The Balaban J connectivity index is 2.11. The molecule has 2 aromatic rings. The normalized spacial score (nSPS) is 13.2. The Kier molecular flexibility index (Phi) is 8.11. The third-order valence-corrected chi connectivity index (χ3v) is 5.75. The number of hydrogen-bond donors (Lipinski definition) is 1. The lowest BCUT2D eigenvalue weighted by Crippen LogP contribution is -2.52. The Labute approximate surface area is 179 Å². The molecule has 1 N–H and O–H groups in total. The second-order valence-corrected chi connectivity index (χ2v) is 9.07. The van der Waals surface area contributed by atoms with Crippen molar-refractivity contribution in [3.63, 3.8) is 0 Å². The van der Waals surface area contributed by atoms with Crippen LogP contribution in [0, 0.1) is 6.92 Å². The maximum absolute atomic E-state index is 12.9. The van der Waals surface area contributed by atoms with Crippen LogP contribution in [0.15, 0.2) is 48.5 Å². The molecule has 164 valence electrons. The number of amides is 1. The van der Waals surface area contributed by atoms with Gasteiger partial charge in [-0.3, -0.25) is 9.10 Å². The van der Waals surface area contributed by atoms with Crippen LogP contribution in [0.4, 0.5) is 5.69 Å². The molecule has 0 aliphatic rings. The van der Waals surface area contributed by atoms with Crippen molar-refractivity contribution in [3.8, 4) is 11.5 Å². The van der Waals surface area contributed by atoms with Crippen LogP contribution < -0.4 is 19.1 Å². The van der Waals surface area contributed by atoms with Crippen LogP contribution in [0.1, 0.15) is 25.8 Å². The zero-order valence-electron chi connectivity index (χ0n) is 18.1. The number of rotatable bonds is 10. The van der Waals surface area contributed by atoms with Crippen molar-refractivity contribution in [2.24, 2.45) is 0 Å². The zero-order valence-corrected chi connectivity index (χ0v) is 18.9. The van der Waals surface area contributed by atoms with Crippen LogP contribution in [0.25, 0.3) is 0 Å². The van der Waals surface area contributed by atoms with Gasteiger partial charge in [-0.2, -0.15) is 0 Å². The fourth-order valence-corrected chi connectivity index (χ4v) is 4.24. The topological polar surface area (TPSA) is 84.9 Å². The first-order chi connectivity index (χ1) is 14.2. The molecular formula is C22H30N2O5S. The minimum atomic E-state index is -3.69. The van der Waals surface area contributed by atoms with Crippen LogP contribution >= 0.6 is 0 Å². The van der Waals surface area contributed by atoms with Gasteiger partial charge in [0, 0.05) is 0 Å². The van der Waals surface area contributed by atoms with E-state index < -0.39 is 16.1 Å². The van der Waals surface area contributed by atoms with Crippen LogP contribution in [0.5, 0.6) is 11.5 Å². The largest absolute Gasteiger partial charge is 0.497 e. The predicted molar refractivity (Wildman–Crippen MR) is 119 cm³/mol. The Bertz CT molecular complexity index is 927. The van der Waals surface area contributed by atoms with E-state index in [1.165, 1.54) is 7.11 Å². The number of anilines is 1. The fourth-order valence-electron chi connectivity index (χ4n) is 3.03. The molecule has 0 spiro atoms. The number of methoxy groups -OCH3 is 1. The number of nitrogens with one attached hydrogen (secondary N) is 1. The lowest BCUT2D eigenvalue weighted by molar-refractivity contribution is -0.123. The standard InChI is InChI=1S/C22H30N2O5S/c1-6-21(24(30(5,26)27)18-9-13-19(28-4)14-10-18)22(25)23-17(3)15-29-20-11-7-16(2)8-12-20/h7-14,17,21H,6,15H2,1-5H3,(H,23,25). The molecule has 1 amide bonds. The minimum Gasteiger partial charge on any atom is -0.497 e. The van der Waals surface area contributed by atoms with Crippen molar-refractivity contribution in [1.29, 1.82) is 0 Å². The van der Waals surface area contributed by atoms with Crippen molar-refractivity contribution >= 4 is 21.6 Å². The van der Waals surface area contributed by atoms with Crippen LogP contribution in [-0.4, -0.2) is 46.4 Å². The maximum Gasteiger partial charge on any atom is 0.244 e. The molecule has 0 saturated heterocycles. The average molecular weight is 435 g/mol. The lowest BCUT2D eigenvalue weighted by Gasteiger charge is -2.31. The molecule has 8 heteroatoms. The van der Waals surface area contributed by atoms with Crippen LogP contribution in [0.2, 0.25) is 0 Å². The molecule has 2 unspecified atom stereocenters. The maximum atomic E-state index is 12.9. The van der Waals surface area contributed by atoms with E-state index in [4.69, 9.17) is 9.47 Å². The number of carbonyl (C=O) groups excluding carboxylic acids is 1. The van der Waals surface area contributed by atoms with Gasteiger partial charge in [0.15, 0.2) is 0 Å². The fraction of sp³-hybridized carbons (Fsp3) is 0.409. The highest BCUT2D eigenvalue weighted by Gasteiger charge is 2.32. The van der Waals surface area contributed by atoms with Gasteiger partial charge in [0.05, 0.1) is 25.1 Å². The molecular weight excluding hydrogens is 404 g/mol. The van der Waals surface area contributed by atoms with Gasteiger partial charge < -0.3 is 14.8 Å². The van der Waals surface area contributed by atoms with E-state index in [1.54, 1.807) is 31.2 Å². The number of nitrogens with zero attached hydrogens (tertiary/aromatic N) is 1. The molecule has 0 fully saturated rings. The second kappa shape index (κ2) is 10.3. The highest BCUT2D eigenvalue weighted by atomic mass is 32.2. The number of benzene rings is 2. The first kappa shape index (κ1) is 23.5. The van der Waals surface area contributed by atoms with Gasteiger partial charge in [-0.05, 0) is 56.7 Å². The number of ether oxygens (including phenoxy) is 2. The molecule has 0 saturated carbocycles. The Morgan fingerprint density at radius 3 is 2.13 bits per heavy atom. The summed E-state index contributed by atoms with van der Waals surface area (Å²) >= 11 is 0. The molecule has 2 atom stereocenters. The molecule has 0 heterocycles. The Hall–Kier alpha value is -2.74. The van der Waals surface area contributed by atoms with Crippen LogP contribution in [-0.2, 0) is 14.8 Å². The highest BCUT2D eigenvalue weighted by molar-refractivity contribution is 7.92. The molecule has 7 nitrogen and oxygen atoms in total. The highest BCUT2D eigenvalue weighted by Crippen LogP contribution is 2.25. The molecule has 2 aromatic carbocycles. The van der Waals surface area contributed by atoms with E-state index in [0.29, 0.717) is 23.6 Å². The van der Waals surface area contributed by atoms with Gasteiger partial charge in [0.2, 0.25) is 15.9 Å². The number of aryl methyl sites for hydroxylation is 1. The first-order valence-corrected chi connectivity index (χ1v) is 11.6. The minimum absolute atomic E-state index is 0.270. The van der Waals surface area contributed by atoms with Gasteiger partial charge in [-0.15, -0.1) is 0 Å². The third-order valence-electron chi connectivity index (χ3n) is 4.57. The quantitative estimate of drug-likeness (QED) is 0.621. The van der Waals surface area contributed by atoms with E-state index in [9.17, 15) is 13.2 Å². The molecule has 0 aliphatic heterocycles. The van der Waals surface area contributed by atoms with E-state index in [2.05, 4.69) is 5.32 Å². The van der Waals surface area contributed by atoms with Gasteiger partial charge in [-0.25, -0.2) is 8.42 Å². The van der Waals surface area contributed by atoms with E-state index in [-0.39, 0.29) is 18.6 Å². The van der Waals surface area contributed by atoms with Crippen molar-refractivity contribution in [1.82, 2.24) is 5.32 Å². The van der Waals surface area contributed by atoms with Crippen molar-refractivity contribution in [2.45, 2.75) is 39.3 Å². The summed E-state index contributed by atoms with van der Waals surface area (Å²) in [4.78, 5) is 12.9. The summed E-state index contributed by atoms with van der Waals surface area (Å²) in [5.41, 5.74) is 1.54. The summed E-state index contributed by atoms with van der Waals surface area (Å²) in [5, 5.41) is 2.86. The predicted octanol–water partition coefficient (Wildman–Crippen LogP) is 3.13. The van der Waals surface area contributed by atoms with E-state index in [0.717, 1.165) is 16.1 Å². The van der Waals surface area contributed by atoms with Crippen molar-refractivity contribution in [2.75, 3.05) is 24.3 Å². The molecule has 0 radical (unpaired) electrons. The van der Waals surface area contributed by atoms with Crippen molar-refractivity contribution < 1.29 is 22.7 Å². The van der Waals surface area contributed by atoms with E-state index >= 15 is 0 Å². The van der Waals surface area contributed by atoms with Crippen molar-refractivity contribution in [3.05, 3.63) is 54.1 Å². The van der Waals surface area contributed by atoms with Gasteiger partial charge in [0.1, 0.15) is 24.1 Å². The third kappa shape index (κ3) is 6.38. The summed E-state index contributed by atoms with van der Waals surface area (Å²) in [6, 6.07) is 13.0. The molecule has 0 aromatic heterocycles. The zero-order chi connectivity index (χ0) is 22.3. The number of sulfonamides is 1. The van der Waals surface area contributed by atoms with Gasteiger partial charge >= 0.3 is 0 Å². The summed E-state index contributed by atoms with van der Waals surface area (Å²) < 4.78 is 37.0. The molecule has 30 heavy (non-hydrogen) atoms. The monoisotopic (exact) mass is 434 g/mol. The summed E-state index contributed by atoms with van der Waals surface area (Å²) in [7, 11) is -2.16. The number of hydrogen-bond acceptors (Lipinski definition) is 5. The average Bonchev–Trinajstić information content (AvgIpc) is 2.70. The summed E-state index contributed by atoms with van der Waals surface area (Å²) in [6.07, 6.45) is 1.41. The first-order valence-electron chi connectivity index (χ1n) is 9.79. The number of carbonyl (C=O) groups is 1. The summed E-state index contributed by atoms with van der Waals surface area (Å²) in [6.45, 7) is 5.86. The SMILES string of the molecule is CCC(C(=O)NC(C)COc1ccc(C)cc1)N(c1ccc(OC)cc1)S(C)(=O)=O. The smallest absolute Gasteiger partial charge is 0.244 e. The molecule has 2 rings (SSSR count). The lowest BCUT2D eigenvalue weighted by atomic mass is 10.1. The summed E-state index contributed by atoms with van der Waals surface area (Å²) in [5.74, 6) is 0.940. The van der Waals surface area contributed by atoms with Crippen LogP contribution in [0.3, 0.4) is 0 Å². The van der Waals surface area contributed by atoms with Gasteiger partial charge in [0.25, 0.3) is 0 Å². The molecule has 0 aliphatic carbocycles. The van der Waals surface area contributed by atoms with E-state index in [1.807, 2.05) is 38.1 Å². The molecule has 0 bridgehead atoms.